The van der Waals surface area contributed by atoms with E-state index >= 15 is 0 Å². The molecule has 1 aliphatic carbocycles. The maximum absolute atomic E-state index is 12.6. The second-order valence-corrected chi connectivity index (χ2v) is 9.89. The molecule has 0 spiro atoms. The monoisotopic (exact) mass is 380 g/mol. The third-order valence-corrected chi connectivity index (χ3v) is 6.44. The molecule has 3 rings (SSSR count). The fourth-order valence-corrected chi connectivity index (χ4v) is 3.86. The predicted octanol–water partition coefficient (Wildman–Crippen LogP) is 8.16. The molecule has 0 heterocycles. The zero-order valence-electron chi connectivity index (χ0n) is 19.0. The van der Waals surface area contributed by atoms with Gasteiger partial charge in [-0.1, -0.05) is 77.1 Å². The van der Waals surface area contributed by atoms with Gasteiger partial charge in [0.05, 0.1) is 0 Å². The third kappa shape index (κ3) is 4.93. The summed E-state index contributed by atoms with van der Waals surface area (Å²) in [5.74, 6) is 0.334. The van der Waals surface area contributed by atoms with Crippen molar-refractivity contribution in [1.29, 1.82) is 0 Å². The number of benzene rings is 2. The van der Waals surface area contributed by atoms with Crippen molar-refractivity contribution in [3.05, 3.63) is 82.2 Å². The average molecular weight is 381 g/mol. The molecule has 0 fully saturated rings. The van der Waals surface area contributed by atoms with Crippen molar-refractivity contribution < 1.29 is 4.39 Å². The van der Waals surface area contributed by atoms with Gasteiger partial charge in [0.1, 0.15) is 5.82 Å². The first-order valence-electron chi connectivity index (χ1n) is 10.4. The molecule has 0 saturated carbocycles. The first-order valence-corrected chi connectivity index (χ1v) is 10.4. The van der Waals surface area contributed by atoms with Crippen LogP contribution in [0, 0.1) is 19.7 Å². The van der Waals surface area contributed by atoms with E-state index in [1.54, 1.807) is 24.1 Å². The minimum absolute atomic E-state index is 0.116. The summed E-state index contributed by atoms with van der Waals surface area (Å²) in [6, 6.07) is 12.3. The van der Waals surface area contributed by atoms with E-state index in [-0.39, 0.29) is 5.82 Å². The second-order valence-electron chi connectivity index (χ2n) is 9.89. The highest BCUT2D eigenvalue weighted by Gasteiger charge is 2.37. The van der Waals surface area contributed by atoms with Crippen molar-refractivity contribution in [2.75, 3.05) is 0 Å². The van der Waals surface area contributed by atoms with Gasteiger partial charge in [0.2, 0.25) is 0 Å². The smallest absolute Gasteiger partial charge is 0.126 e. The Morgan fingerprint density at radius 1 is 0.929 bits per heavy atom. The van der Waals surface area contributed by atoms with Crippen LogP contribution in [0.5, 0.6) is 0 Å². The summed E-state index contributed by atoms with van der Waals surface area (Å²) < 4.78 is 12.6. The van der Waals surface area contributed by atoms with Crippen molar-refractivity contribution in [1.82, 2.24) is 0 Å². The van der Waals surface area contributed by atoms with E-state index in [2.05, 4.69) is 66.3 Å². The summed E-state index contributed by atoms with van der Waals surface area (Å²) in [6.07, 6.45) is 2.56. The van der Waals surface area contributed by atoms with Gasteiger partial charge in [-0.3, -0.25) is 0 Å². The lowest BCUT2D eigenvalue weighted by molar-refractivity contribution is 0.331. The van der Waals surface area contributed by atoms with Crippen LogP contribution in [-0.4, -0.2) is 0 Å². The van der Waals surface area contributed by atoms with Crippen molar-refractivity contribution in [3.63, 3.8) is 0 Å². The Labute approximate surface area is 171 Å². The quantitative estimate of drug-likeness (QED) is 0.461. The number of aryl methyl sites for hydroxylation is 2. The van der Waals surface area contributed by atoms with Crippen molar-refractivity contribution in [2.45, 2.75) is 85.0 Å². The molecule has 0 amide bonds. The zero-order chi connectivity index (χ0) is 21.3. The van der Waals surface area contributed by atoms with Crippen LogP contribution in [0.25, 0.3) is 0 Å². The normalized spacial score (nSPS) is 17.8. The van der Waals surface area contributed by atoms with Gasteiger partial charge in [-0.25, -0.2) is 4.39 Å². The molecule has 0 aliphatic heterocycles. The molecule has 152 valence electrons. The molecule has 0 radical (unpaired) electrons. The lowest BCUT2D eigenvalue weighted by Crippen LogP contribution is -2.33. The molecule has 1 heteroatoms. The molecule has 1 aliphatic rings. The van der Waals surface area contributed by atoms with E-state index in [0.29, 0.717) is 22.3 Å². The molecular weight excluding hydrogens is 343 g/mol. The summed E-state index contributed by atoms with van der Waals surface area (Å²) in [6.45, 7) is 21.7. The molecule has 0 unspecified atom stereocenters. The lowest BCUT2D eigenvalue weighted by Gasteiger charge is -2.42. The molecule has 28 heavy (non-hydrogen) atoms. The molecule has 2 aromatic rings. The van der Waals surface area contributed by atoms with E-state index in [0.717, 1.165) is 5.56 Å². The van der Waals surface area contributed by atoms with Crippen molar-refractivity contribution in [2.24, 2.45) is 0 Å². The van der Waals surface area contributed by atoms with Crippen LogP contribution in [0.1, 0.15) is 88.1 Å². The summed E-state index contributed by atoms with van der Waals surface area (Å²) in [5.41, 5.74) is 8.05. The summed E-state index contributed by atoms with van der Waals surface area (Å²) in [5, 5.41) is 0. The van der Waals surface area contributed by atoms with E-state index in [1.807, 2.05) is 13.0 Å². The highest BCUT2D eigenvalue weighted by Crippen LogP contribution is 2.46. The zero-order valence-corrected chi connectivity index (χ0v) is 19.0. The molecular formula is C27H37F. The van der Waals surface area contributed by atoms with Crippen LogP contribution >= 0.6 is 0 Å². The number of hydrogen-bond donors (Lipinski definition) is 0. The Hall–Kier alpha value is -1.89. The van der Waals surface area contributed by atoms with Crippen LogP contribution < -0.4 is 0 Å². The topological polar surface area (TPSA) is 0 Å². The Bertz CT molecular complexity index is 855. The largest absolute Gasteiger partial charge is 0.207 e. The van der Waals surface area contributed by atoms with Gasteiger partial charge in [0, 0.05) is 5.92 Å². The summed E-state index contributed by atoms with van der Waals surface area (Å²) >= 11 is 0. The van der Waals surface area contributed by atoms with E-state index in [1.165, 1.54) is 30.0 Å². The maximum atomic E-state index is 12.6. The van der Waals surface area contributed by atoms with Crippen LogP contribution in [0.15, 0.2) is 48.6 Å². The van der Waals surface area contributed by atoms with Gasteiger partial charge < -0.3 is 0 Å². The Morgan fingerprint density at radius 2 is 1.50 bits per heavy atom. The first kappa shape index (κ1) is 22.4. The number of allylic oxidation sites excluding steroid dienone is 1. The average Bonchev–Trinajstić information content (AvgIpc) is 2.62. The van der Waals surface area contributed by atoms with Gasteiger partial charge in [0.15, 0.2) is 0 Å². The number of hydrogen-bond acceptors (Lipinski definition) is 0. The molecule has 0 saturated heterocycles. The summed E-state index contributed by atoms with van der Waals surface area (Å²) in [7, 11) is 0. The Morgan fingerprint density at radius 3 is 2.00 bits per heavy atom. The predicted molar refractivity (Wildman–Crippen MR) is 121 cm³/mol. The van der Waals surface area contributed by atoms with E-state index in [9.17, 15) is 4.39 Å². The fourth-order valence-electron chi connectivity index (χ4n) is 3.86. The summed E-state index contributed by atoms with van der Waals surface area (Å²) in [4.78, 5) is 0. The minimum atomic E-state index is -0.116. The Kier molecular flexibility index (Phi) is 6.58. The fraction of sp³-hybridized carbons (Fsp3) is 0.481. The lowest BCUT2D eigenvalue weighted by atomic mass is 9.62. The number of rotatable bonds is 2. The Balaban J connectivity index is 0.000000261. The highest BCUT2D eigenvalue weighted by atomic mass is 19.1. The van der Waals surface area contributed by atoms with Crippen LogP contribution in [0.4, 0.5) is 4.39 Å². The third-order valence-electron chi connectivity index (χ3n) is 6.44. The van der Waals surface area contributed by atoms with Crippen LogP contribution in [0.2, 0.25) is 0 Å². The second kappa shape index (κ2) is 8.23. The number of halogens is 1. The van der Waals surface area contributed by atoms with Gasteiger partial charge in [-0.05, 0) is 78.3 Å². The van der Waals surface area contributed by atoms with E-state index < -0.39 is 0 Å². The molecule has 0 aromatic heterocycles. The standard InChI is InChI=1S/C19H28.C8H9F/c1-13(2)14(3)15-8-9-16-17(12-15)19(6,7)11-10-18(16,4)5;1-6-3-4-7(2)8(9)5-6/h8-9,12,14H,1,10-11H2,2-7H3;3-5H,1-2H3/t14-;/m0./s1. The molecule has 2 aromatic carbocycles. The van der Waals surface area contributed by atoms with E-state index in [4.69, 9.17) is 0 Å². The molecule has 1 atom stereocenters. The van der Waals surface area contributed by atoms with Gasteiger partial charge >= 0.3 is 0 Å². The van der Waals surface area contributed by atoms with Crippen molar-refractivity contribution >= 4 is 0 Å². The van der Waals surface area contributed by atoms with Gasteiger partial charge in [-0.15, -0.1) is 0 Å². The maximum Gasteiger partial charge on any atom is 0.126 e. The molecule has 0 N–H and O–H groups in total. The molecule has 0 nitrogen and oxygen atoms in total. The van der Waals surface area contributed by atoms with Gasteiger partial charge in [0.25, 0.3) is 0 Å². The molecule has 0 bridgehead atoms. The van der Waals surface area contributed by atoms with Gasteiger partial charge in [-0.2, -0.15) is 0 Å². The van der Waals surface area contributed by atoms with Crippen LogP contribution in [-0.2, 0) is 10.8 Å². The minimum Gasteiger partial charge on any atom is -0.207 e. The first-order chi connectivity index (χ1) is 12.8. The highest BCUT2D eigenvalue weighted by molar-refractivity contribution is 5.45. The SMILES string of the molecule is C=C(C)[C@H](C)c1ccc2c(c1)C(C)(C)CCC2(C)C.Cc1ccc(C)c(F)c1. The van der Waals surface area contributed by atoms with Crippen LogP contribution in [0.3, 0.4) is 0 Å². The van der Waals surface area contributed by atoms with Crippen molar-refractivity contribution in [3.8, 4) is 0 Å². The number of fused-ring (bicyclic) bond motifs is 1.